The zero-order valence-corrected chi connectivity index (χ0v) is 19.3. The van der Waals surface area contributed by atoms with Crippen LogP contribution in [0.1, 0.15) is 23.3 Å². The molecule has 0 radical (unpaired) electrons. The number of guanidine groups is 1. The number of thiazole rings is 1. The maximum atomic E-state index is 12.6. The summed E-state index contributed by atoms with van der Waals surface area (Å²) < 4.78 is 43.2. The first-order valence-corrected chi connectivity index (χ1v) is 10.2. The van der Waals surface area contributed by atoms with Gasteiger partial charge in [-0.1, -0.05) is 6.07 Å². The van der Waals surface area contributed by atoms with Crippen LogP contribution in [0.3, 0.4) is 0 Å². The van der Waals surface area contributed by atoms with Crippen LogP contribution in [0, 0.1) is 0 Å². The maximum absolute atomic E-state index is 12.6. The molecule has 0 aromatic carbocycles. The van der Waals surface area contributed by atoms with E-state index in [1.807, 2.05) is 24.4 Å². The number of halogens is 4. The minimum absolute atomic E-state index is 0. The normalized spacial score (nSPS) is 11.9. The summed E-state index contributed by atoms with van der Waals surface area (Å²) in [7, 11) is 0. The number of aromatic nitrogens is 2. The van der Waals surface area contributed by atoms with Crippen LogP contribution in [-0.4, -0.2) is 29.0 Å². The third-order valence-electron chi connectivity index (χ3n) is 3.50. The lowest BCUT2D eigenvalue weighted by molar-refractivity contribution is -0.140. The van der Waals surface area contributed by atoms with Gasteiger partial charge in [-0.3, -0.25) is 0 Å². The number of aliphatic imine (C=N–C) groups is 1. The summed E-state index contributed by atoms with van der Waals surface area (Å²) in [6, 6.07) is 3.85. The minimum atomic E-state index is -4.40. The highest BCUT2D eigenvalue weighted by Gasteiger charge is 2.33. The van der Waals surface area contributed by atoms with Gasteiger partial charge >= 0.3 is 6.18 Å². The Labute approximate surface area is 190 Å². The Bertz CT molecular complexity index is 908. The van der Waals surface area contributed by atoms with Crippen molar-refractivity contribution in [2.24, 2.45) is 4.99 Å². The first kappa shape index (κ1) is 23.6. The van der Waals surface area contributed by atoms with Gasteiger partial charge in [-0.15, -0.1) is 46.7 Å². The molecule has 29 heavy (non-hydrogen) atoms. The van der Waals surface area contributed by atoms with Crippen LogP contribution < -0.4 is 10.6 Å². The molecule has 0 amide bonds. The first-order valence-electron chi connectivity index (χ1n) is 8.47. The van der Waals surface area contributed by atoms with Gasteiger partial charge in [-0.05, 0) is 18.4 Å². The van der Waals surface area contributed by atoms with Crippen molar-refractivity contribution >= 4 is 52.6 Å². The molecule has 0 aliphatic carbocycles. The third-order valence-corrected chi connectivity index (χ3v) is 5.27. The van der Waals surface area contributed by atoms with Crippen molar-refractivity contribution in [2.45, 2.75) is 26.1 Å². The van der Waals surface area contributed by atoms with Crippen molar-refractivity contribution in [3.63, 3.8) is 0 Å². The molecule has 0 saturated heterocycles. The van der Waals surface area contributed by atoms with Gasteiger partial charge in [0.05, 0.1) is 16.4 Å². The first-order chi connectivity index (χ1) is 13.5. The van der Waals surface area contributed by atoms with Crippen LogP contribution >= 0.6 is 46.7 Å². The van der Waals surface area contributed by atoms with E-state index in [2.05, 4.69) is 25.6 Å². The smallest absolute Gasteiger partial charge is 0.434 e. The Morgan fingerprint density at radius 1 is 1.24 bits per heavy atom. The second-order valence-corrected chi connectivity index (χ2v) is 7.51. The lowest BCUT2D eigenvalue weighted by Gasteiger charge is -2.10. The largest absolute Gasteiger partial charge is 0.443 e. The number of oxazole rings is 1. The number of hydrogen-bond donors (Lipinski definition) is 2. The second-order valence-electron chi connectivity index (χ2n) is 5.62. The van der Waals surface area contributed by atoms with Crippen molar-refractivity contribution in [3.05, 3.63) is 45.6 Å². The van der Waals surface area contributed by atoms with E-state index < -0.39 is 11.9 Å². The quantitative estimate of drug-likeness (QED) is 0.248. The molecule has 3 aromatic rings. The van der Waals surface area contributed by atoms with Crippen LogP contribution in [0.5, 0.6) is 0 Å². The Morgan fingerprint density at radius 2 is 2.07 bits per heavy atom. The standard InChI is InChI=1S/C17H18F3N5OS2.HI/c1-2-21-16(22-6-5-14-25-13(10-28-14)17(18,19)20)23-8-11-9-26-15(24-11)12-4-3-7-27-12;/h3-4,7,9-10H,2,5-6,8H2,1H3,(H2,21,22,23);1H. The Balaban J connectivity index is 0.00000300. The number of thiophene rings is 1. The molecule has 0 saturated carbocycles. The van der Waals surface area contributed by atoms with Crippen molar-refractivity contribution in [1.82, 2.24) is 20.6 Å². The van der Waals surface area contributed by atoms with E-state index in [-0.39, 0.29) is 24.0 Å². The minimum Gasteiger partial charge on any atom is -0.443 e. The fourth-order valence-corrected chi connectivity index (χ4v) is 3.70. The molecule has 3 rings (SSSR count). The molecule has 0 bridgehead atoms. The lowest BCUT2D eigenvalue weighted by atomic mass is 10.4. The fourth-order valence-electron chi connectivity index (χ4n) is 2.24. The van der Waals surface area contributed by atoms with E-state index in [0.29, 0.717) is 48.6 Å². The zero-order valence-electron chi connectivity index (χ0n) is 15.3. The summed E-state index contributed by atoms with van der Waals surface area (Å²) in [4.78, 5) is 13.4. The number of rotatable bonds is 7. The summed E-state index contributed by atoms with van der Waals surface area (Å²) in [5.74, 6) is 1.11. The number of nitrogens with one attached hydrogen (secondary N) is 2. The molecule has 158 valence electrons. The molecule has 0 spiro atoms. The molecule has 12 heteroatoms. The Kier molecular flexibility index (Phi) is 8.89. The van der Waals surface area contributed by atoms with E-state index in [1.54, 1.807) is 17.6 Å². The summed E-state index contributed by atoms with van der Waals surface area (Å²) in [6.45, 7) is 3.31. The summed E-state index contributed by atoms with van der Waals surface area (Å²) in [6.07, 6.45) is -2.47. The molecule has 2 N–H and O–H groups in total. The SMILES string of the molecule is CCNC(=NCc1coc(-c2cccs2)n1)NCCc1nc(C(F)(F)F)cs1.I. The molecule has 6 nitrogen and oxygen atoms in total. The van der Waals surface area contributed by atoms with Gasteiger partial charge < -0.3 is 15.1 Å². The van der Waals surface area contributed by atoms with Gasteiger partial charge in [0, 0.05) is 24.9 Å². The van der Waals surface area contributed by atoms with E-state index in [4.69, 9.17) is 4.42 Å². The predicted octanol–water partition coefficient (Wildman–Crippen LogP) is 4.79. The highest BCUT2D eigenvalue weighted by Crippen LogP contribution is 2.30. The highest BCUT2D eigenvalue weighted by molar-refractivity contribution is 14.0. The lowest BCUT2D eigenvalue weighted by Crippen LogP contribution is -2.38. The second kappa shape index (κ2) is 10.9. The molecule has 0 aliphatic rings. The van der Waals surface area contributed by atoms with Gasteiger partial charge in [-0.2, -0.15) is 13.2 Å². The molecule has 0 atom stereocenters. The highest BCUT2D eigenvalue weighted by atomic mass is 127. The Hall–Kier alpha value is -1.67. The van der Waals surface area contributed by atoms with E-state index in [9.17, 15) is 13.2 Å². The van der Waals surface area contributed by atoms with Crippen LogP contribution in [-0.2, 0) is 19.1 Å². The molecule has 0 unspecified atom stereocenters. The van der Waals surface area contributed by atoms with Gasteiger partial charge in [0.1, 0.15) is 12.0 Å². The van der Waals surface area contributed by atoms with Gasteiger partial charge in [-0.25, -0.2) is 15.0 Å². The molecular formula is C17H19F3IN5OS2. The van der Waals surface area contributed by atoms with Crippen molar-refractivity contribution in [1.29, 1.82) is 0 Å². The maximum Gasteiger partial charge on any atom is 0.434 e. The average molecular weight is 557 g/mol. The van der Waals surface area contributed by atoms with Crippen molar-refractivity contribution < 1.29 is 17.6 Å². The van der Waals surface area contributed by atoms with E-state index >= 15 is 0 Å². The number of nitrogens with zero attached hydrogens (tertiary/aromatic N) is 3. The predicted molar refractivity (Wildman–Crippen MR) is 119 cm³/mol. The monoisotopic (exact) mass is 557 g/mol. The molecule has 3 aromatic heterocycles. The Morgan fingerprint density at radius 3 is 2.72 bits per heavy atom. The molecule has 0 fully saturated rings. The topological polar surface area (TPSA) is 75.3 Å². The van der Waals surface area contributed by atoms with Crippen LogP contribution in [0.4, 0.5) is 13.2 Å². The summed E-state index contributed by atoms with van der Waals surface area (Å²) in [5, 5.41) is 9.58. The number of hydrogen-bond acceptors (Lipinski definition) is 6. The van der Waals surface area contributed by atoms with Gasteiger partial charge in [0.25, 0.3) is 0 Å². The van der Waals surface area contributed by atoms with Crippen molar-refractivity contribution in [2.75, 3.05) is 13.1 Å². The van der Waals surface area contributed by atoms with E-state index in [0.717, 1.165) is 21.6 Å². The molecule has 3 heterocycles. The van der Waals surface area contributed by atoms with E-state index in [1.165, 1.54) is 0 Å². The van der Waals surface area contributed by atoms with Gasteiger partial charge in [0.2, 0.25) is 5.89 Å². The van der Waals surface area contributed by atoms with Crippen molar-refractivity contribution in [3.8, 4) is 10.8 Å². The zero-order chi connectivity index (χ0) is 20.0. The summed E-state index contributed by atoms with van der Waals surface area (Å²) >= 11 is 2.54. The summed E-state index contributed by atoms with van der Waals surface area (Å²) in [5.41, 5.74) is -0.156. The molecule has 0 aliphatic heterocycles. The number of alkyl halides is 3. The van der Waals surface area contributed by atoms with Gasteiger partial charge in [0.15, 0.2) is 11.7 Å². The third kappa shape index (κ3) is 6.96. The fraction of sp³-hybridized carbons (Fsp3) is 0.353. The average Bonchev–Trinajstić information content (AvgIpc) is 3.39. The van der Waals surface area contributed by atoms with Crippen LogP contribution in [0.15, 0.2) is 38.6 Å². The van der Waals surface area contributed by atoms with Crippen LogP contribution in [0.25, 0.3) is 10.8 Å². The van der Waals surface area contributed by atoms with Crippen LogP contribution in [0.2, 0.25) is 0 Å². The molecular weight excluding hydrogens is 538 g/mol.